The van der Waals surface area contributed by atoms with Crippen molar-refractivity contribution in [3.05, 3.63) is 80.6 Å². The van der Waals surface area contributed by atoms with E-state index in [0.717, 1.165) is 12.0 Å². The van der Waals surface area contributed by atoms with Gasteiger partial charge in [-0.05, 0) is 31.0 Å². The smallest absolute Gasteiger partial charge is 0.269 e. The molecule has 5 nitrogen and oxygen atoms in total. The van der Waals surface area contributed by atoms with Crippen molar-refractivity contribution in [3.63, 3.8) is 0 Å². The molecule has 0 aliphatic heterocycles. The van der Waals surface area contributed by atoms with Crippen molar-refractivity contribution in [1.82, 2.24) is 9.55 Å². The first kappa shape index (κ1) is 14.5. The van der Waals surface area contributed by atoms with Crippen LogP contribution in [0.3, 0.4) is 0 Å². The summed E-state index contributed by atoms with van der Waals surface area (Å²) >= 11 is 1.76. The van der Waals surface area contributed by atoms with Crippen LogP contribution in [0.15, 0.2) is 55.1 Å². The summed E-state index contributed by atoms with van der Waals surface area (Å²) in [7, 11) is 0. The minimum Gasteiger partial charge on any atom is -0.329 e. The molecule has 6 heteroatoms. The van der Waals surface area contributed by atoms with Gasteiger partial charge in [-0.1, -0.05) is 12.1 Å². The van der Waals surface area contributed by atoms with Crippen molar-refractivity contribution in [3.8, 4) is 0 Å². The van der Waals surface area contributed by atoms with E-state index in [1.165, 1.54) is 9.75 Å². The summed E-state index contributed by atoms with van der Waals surface area (Å²) in [6, 6.07) is 11.2. The standard InChI is InChI=1S/C16H15N3O2S/c1-12-2-7-16(22-12)15(18-9-8-17-11-18)10-13-3-5-14(6-4-13)19(20)21/h2-9,11,15H,10H2,1H3. The maximum atomic E-state index is 10.7. The van der Waals surface area contributed by atoms with Crippen LogP contribution < -0.4 is 0 Å². The van der Waals surface area contributed by atoms with Crippen molar-refractivity contribution in [2.24, 2.45) is 0 Å². The van der Waals surface area contributed by atoms with Crippen LogP contribution >= 0.6 is 11.3 Å². The summed E-state index contributed by atoms with van der Waals surface area (Å²) in [4.78, 5) is 17.0. The van der Waals surface area contributed by atoms with E-state index in [0.29, 0.717) is 0 Å². The van der Waals surface area contributed by atoms with Gasteiger partial charge in [-0.2, -0.15) is 0 Å². The predicted molar refractivity (Wildman–Crippen MR) is 86.2 cm³/mol. The number of nitro groups is 1. The van der Waals surface area contributed by atoms with Crippen molar-refractivity contribution >= 4 is 17.0 Å². The Kier molecular flexibility index (Phi) is 4.02. The van der Waals surface area contributed by atoms with Crippen LogP contribution in [0.4, 0.5) is 5.69 Å². The Morgan fingerprint density at radius 3 is 2.59 bits per heavy atom. The number of aromatic nitrogens is 2. The Balaban J connectivity index is 1.88. The van der Waals surface area contributed by atoms with Crippen LogP contribution in [0, 0.1) is 17.0 Å². The molecule has 0 N–H and O–H groups in total. The Morgan fingerprint density at radius 1 is 1.27 bits per heavy atom. The third-order valence-corrected chi connectivity index (χ3v) is 4.65. The molecule has 0 amide bonds. The number of hydrogen-bond acceptors (Lipinski definition) is 4. The molecule has 1 unspecified atom stereocenters. The summed E-state index contributed by atoms with van der Waals surface area (Å²) < 4.78 is 2.08. The molecule has 0 bridgehead atoms. The van der Waals surface area contributed by atoms with Gasteiger partial charge >= 0.3 is 0 Å². The number of benzene rings is 1. The van der Waals surface area contributed by atoms with Gasteiger partial charge in [-0.3, -0.25) is 10.1 Å². The number of hydrogen-bond donors (Lipinski definition) is 0. The zero-order valence-electron chi connectivity index (χ0n) is 12.0. The summed E-state index contributed by atoms with van der Waals surface area (Å²) in [5.74, 6) is 0. The molecule has 0 radical (unpaired) electrons. The molecule has 112 valence electrons. The Bertz CT molecular complexity index is 763. The molecule has 2 heterocycles. The van der Waals surface area contributed by atoms with Gasteiger partial charge in [0.2, 0.25) is 0 Å². The largest absolute Gasteiger partial charge is 0.329 e. The normalized spacial score (nSPS) is 12.2. The van der Waals surface area contributed by atoms with E-state index < -0.39 is 0 Å². The molecular weight excluding hydrogens is 298 g/mol. The molecule has 2 aromatic heterocycles. The second-order valence-electron chi connectivity index (χ2n) is 5.10. The van der Waals surface area contributed by atoms with E-state index in [1.807, 2.05) is 24.7 Å². The summed E-state index contributed by atoms with van der Waals surface area (Å²) in [5.41, 5.74) is 1.19. The van der Waals surface area contributed by atoms with E-state index in [4.69, 9.17) is 0 Å². The first-order chi connectivity index (χ1) is 10.6. The number of nitro benzene ring substituents is 1. The molecule has 0 fully saturated rings. The molecule has 0 saturated carbocycles. The second-order valence-corrected chi connectivity index (χ2v) is 6.42. The van der Waals surface area contributed by atoms with Gasteiger partial charge in [-0.15, -0.1) is 11.3 Å². The summed E-state index contributed by atoms with van der Waals surface area (Å²) in [6.45, 7) is 2.09. The number of imidazole rings is 1. The number of non-ortho nitro benzene ring substituents is 1. The quantitative estimate of drug-likeness (QED) is 0.528. The van der Waals surface area contributed by atoms with E-state index >= 15 is 0 Å². The highest BCUT2D eigenvalue weighted by Crippen LogP contribution is 2.29. The first-order valence-corrected chi connectivity index (χ1v) is 7.72. The lowest BCUT2D eigenvalue weighted by atomic mass is 10.0. The van der Waals surface area contributed by atoms with Gasteiger partial charge in [-0.25, -0.2) is 4.98 Å². The molecule has 3 aromatic rings. The number of nitrogens with zero attached hydrogens (tertiary/aromatic N) is 3. The zero-order chi connectivity index (χ0) is 15.5. The van der Waals surface area contributed by atoms with E-state index in [9.17, 15) is 10.1 Å². The molecule has 0 aliphatic carbocycles. The monoisotopic (exact) mass is 313 g/mol. The molecule has 1 aromatic carbocycles. The average molecular weight is 313 g/mol. The van der Waals surface area contributed by atoms with Gasteiger partial charge < -0.3 is 4.57 Å². The molecule has 0 spiro atoms. The van der Waals surface area contributed by atoms with Crippen molar-refractivity contribution in [2.75, 3.05) is 0 Å². The van der Waals surface area contributed by atoms with Crippen LogP contribution in [0.5, 0.6) is 0 Å². The minimum atomic E-state index is -0.375. The lowest BCUT2D eigenvalue weighted by Crippen LogP contribution is -2.10. The van der Waals surface area contributed by atoms with Crippen LogP contribution in [-0.2, 0) is 6.42 Å². The fourth-order valence-electron chi connectivity index (χ4n) is 2.42. The van der Waals surface area contributed by atoms with Gasteiger partial charge in [0.05, 0.1) is 17.3 Å². The van der Waals surface area contributed by atoms with Crippen LogP contribution in [0.25, 0.3) is 0 Å². The highest BCUT2D eigenvalue weighted by molar-refractivity contribution is 7.12. The van der Waals surface area contributed by atoms with Crippen LogP contribution in [0.1, 0.15) is 21.4 Å². The molecule has 1 atom stereocenters. The lowest BCUT2D eigenvalue weighted by Gasteiger charge is -2.17. The minimum absolute atomic E-state index is 0.120. The third-order valence-electron chi connectivity index (χ3n) is 3.55. The highest BCUT2D eigenvalue weighted by Gasteiger charge is 2.16. The Hall–Kier alpha value is -2.47. The fourth-order valence-corrected chi connectivity index (χ4v) is 3.40. The van der Waals surface area contributed by atoms with Crippen LogP contribution in [0.2, 0.25) is 0 Å². The second kappa shape index (κ2) is 6.11. The molecule has 3 rings (SSSR count). The molecule has 0 saturated heterocycles. The highest BCUT2D eigenvalue weighted by atomic mass is 32.1. The summed E-state index contributed by atoms with van der Waals surface area (Å²) in [6.07, 6.45) is 6.30. The first-order valence-electron chi connectivity index (χ1n) is 6.90. The topological polar surface area (TPSA) is 61.0 Å². The number of thiophene rings is 1. The number of aryl methyl sites for hydroxylation is 1. The van der Waals surface area contributed by atoms with Crippen molar-refractivity contribution in [1.29, 1.82) is 0 Å². The van der Waals surface area contributed by atoms with Crippen molar-refractivity contribution in [2.45, 2.75) is 19.4 Å². The third kappa shape index (κ3) is 3.07. The molecular formula is C16H15N3O2S. The molecule has 0 aliphatic rings. The van der Waals surface area contributed by atoms with Gasteiger partial charge in [0.15, 0.2) is 0 Å². The van der Waals surface area contributed by atoms with Crippen LogP contribution in [-0.4, -0.2) is 14.5 Å². The average Bonchev–Trinajstić information content (AvgIpc) is 3.17. The Labute approximate surface area is 132 Å². The lowest BCUT2D eigenvalue weighted by molar-refractivity contribution is -0.384. The van der Waals surface area contributed by atoms with E-state index in [2.05, 4.69) is 28.6 Å². The number of rotatable bonds is 5. The van der Waals surface area contributed by atoms with Gasteiger partial charge in [0, 0.05) is 34.3 Å². The van der Waals surface area contributed by atoms with E-state index in [-0.39, 0.29) is 16.7 Å². The Morgan fingerprint density at radius 2 is 2.05 bits per heavy atom. The molecule has 22 heavy (non-hydrogen) atoms. The van der Waals surface area contributed by atoms with Gasteiger partial charge in [0.25, 0.3) is 5.69 Å². The predicted octanol–water partition coefficient (Wildman–Crippen LogP) is 3.99. The SMILES string of the molecule is Cc1ccc(C(Cc2ccc([N+](=O)[O-])cc2)n2ccnc2)s1. The maximum Gasteiger partial charge on any atom is 0.269 e. The van der Waals surface area contributed by atoms with Crippen molar-refractivity contribution < 1.29 is 4.92 Å². The van der Waals surface area contributed by atoms with E-state index in [1.54, 1.807) is 29.7 Å². The zero-order valence-corrected chi connectivity index (χ0v) is 12.9. The maximum absolute atomic E-state index is 10.7. The van der Waals surface area contributed by atoms with Gasteiger partial charge in [0.1, 0.15) is 0 Å². The summed E-state index contributed by atoms with van der Waals surface area (Å²) in [5, 5.41) is 10.7. The fraction of sp³-hybridized carbons (Fsp3) is 0.188.